The van der Waals surface area contributed by atoms with Crippen molar-refractivity contribution < 1.29 is 9.59 Å². The third-order valence-electron chi connectivity index (χ3n) is 5.66. The van der Waals surface area contributed by atoms with Crippen LogP contribution in [0.1, 0.15) is 23.6 Å². The molecule has 160 valence electrons. The first-order valence-corrected chi connectivity index (χ1v) is 11.5. The predicted molar refractivity (Wildman–Crippen MR) is 126 cm³/mol. The van der Waals surface area contributed by atoms with Crippen molar-refractivity contribution >= 4 is 35.0 Å². The summed E-state index contributed by atoms with van der Waals surface area (Å²) in [4.78, 5) is 29.3. The Bertz CT molecular complexity index is 890. The molecule has 1 N–H and O–H groups in total. The molecule has 1 fully saturated rings. The first kappa shape index (κ1) is 22.2. The minimum absolute atomic E-state index is 0.0803. The van der Waals surface area contributed by atoms with Crippen molar-refractivity contribution in [2.75, 3.05) is 42.1 Å². The lowest BCUT2D eigenvalue weighted by molar-refractivity contribution is -0.130. The van der Waals surface area contributed by atoms with E-state index in [9.17, 15) is 9.59 Å². The fourth-order valence-corrected chi connectivity index (χ4v) is 4.37. The van der Waals surface area contributed by atoms with Gasteiger partial charge in [-0.25, -0.2) is 0 Å². The molecule has 30 heavy (non-hydrogen) atoms. The largest absolute Gasteiger partial charge is 0.368 e. The van der Waals surface area contributed by atoms with Gasteiger partial charge in [0.1, 0.15) is 0 Å². The lowest BCUT2D eigenvalue weighted by Crippen LogP contribution is -2.51. The van der Waals surface area contributed by atoms with E-state index in [-0.39, 0.29) is 22.8 Å². The van der Waals surface area contributed by atoms with E-state index < -0.39 is 0 Å². The summed E-state index contributed by atoms with van der Waals surface area (Å²) in [6.07, 6.45) is 0. The molecule has 1 heterocycles. The molecule has 1 aliphatic rings. The van der Waals surface area contributed by atoms with Crippen molar-refractivity contribution in [3.8, 4) is 0 Å². The van der Waals surface area contributed by atoms with Crippen LogP contribution in [0.25, 0.3) is 0 Å². The summed E-state index contributed by atoms with van der Waals surface area (Å²) in [5.74, 6) is 0.301. The van der Waals surface area contributed by atoms with E-state index in [2.05, 4.69) is 42.3 Å². The molecule has 0 aliphatic carbocycles. The minimum Gasteiger partial charge on any atom is -0.368 e. The van der Waals surface area contributed by atoms with Crippen LogP contribution in [-0.2, 0) is 9.59 Å². The van der Waals surface area contributed by atoms with Crippen LogP contribution in [0, 0.1) is 20.8 Å². The van der Waals surface area contributed by atoms with Crippen LogP contribution < -0.4 is 10.2 Å². The molecule has 0 bridgehead atoms. The summed E-state index contributed by atoms with van der Waals surface area (Å²) >= 11 is 1.39. The van der Waals surface area contributed by atoms with Crippen LogP contribution in [0.2, 0.25) is 0 Å². The third-order valence-corrected chi connectivity index (χ3v) is 6.79. The Morgan fingerprint density at radius 2 is 1.67 bits per heavy atom. The van der Waals surface area contributed by atoms with Crippen molar-refractivity contribution in [3.05, 3.63) is 59.2 Å². The molecule has 0 aromatic heterocycles. The number of benzene rings is 2. The van der Waals surface area contributed by atoms with Crippen molar-refractivity contribution in [1.82, 2.24) is 4.90 Å². The van der Waals surface area contributed by atoms with Gasteiger partial charge in [-0.05, 0) is 57.0 Å². The molecule has 0 radical (unpaired) electrons. The van der Waals surface area contributed by atoms with Gasteiger partial charge >= 0.3 is 0 Å². The zero-order valence-corrected chi connectivity index (χ0v) is 19.1. The van der Waals surface area contributed by atoms with Crippen LogP contribution >= 0.6 is 11.8 Å². The van der Waals surface area contributed by atoms with E-state index in [0.717, 1.165) is 24.3 Å². The monoisotopic (exact) mass is 425 g/mol. The second-order valence-electron chi connectivity index (χ2n) is 7.90. The second kappa shape index (κ2) is 10.0. The molecule has 2 aromatic rings. The smallest absolute Gasteiger partial charge is 0.235 e. The highest BCUT2D eigenvalue weighted by atomic mass is 32.2. The third kappa shape index (κ3) is 5.57. The summed E-state index contributed by atoms with van der Waals surface area (Å²) in [7, 11) is 0. The van der Waals surface area contributed by atoms with E-state index >= 15 is 0 Å². The van der Waals surface area contributed by atoms with E-state index in [1.54, 1.807) is 0 Å². The number of piperazine rings is 1. The maximum Gasteiger partial charge on any atom is 0.235 e. The standard InChI is InChI=1S/C24H31N3O2S/c1-17-8-10-21(11-9-17)25-23(28)16-30-20(4)24(29)27-14-12-26(13-15-27)22-7-5-6-18(2)19(22)3/h5-11,20H,12-16H2,1-4H3,(H,25,28)/t20-/m0/s1. The van der Waals surface area contributed by atoms with Gasteiger partial charge in [0.25, 0.3) is 0 Å². The fraction of sp³-hybridized carbons (Fsp3) is 0.417. The predicted octanol–water partition coefficient (Wildman–Crippen LogP) is 4.02. The molecule has 1 aliphatic heterocycles. The molecule has 6 heteroatoms. The molecule has 0 saturated carbocycles. The number of nitrogens with zero attached hydrogens (tertiary/aromatic N) is 2. The second-order valence-corrected chi connectivity index (χ2v) is 9.23. The molecule has 3 rings (SSSR count). The highest BCUT2D eigenvalue weighted by Gasteiger charge is 2.26. The number of rotatable bonds is 6. The number of thioether (sulfide) groups is 1. The highest BCUT2D eigenvalue weighted by Crippen LogP contribution is 2.24. The van der Waals surface area contributed by atoms with E-state index in [1.807, 2.05) is 43.0 Å². The zero-order chi connectivity index (χ0) is 21.7. The van der Waals surface area contributed by atoms with Crippen molar-refractivity contribution in [1.29, 1.82) is 0 Å². The van der Waals surface area contributed by atoms with Gasteiger partial charge in [-0.1, -0.05) is 29.8 Å². The number of carbonyl (C=O) groups excluding carboxylic acids is 2. The normalized spacial score (nSPS) is 15.1. The number of aryl methyl sites for hydroxylation is 2. The lowest BCUT2D eigenvalue weighted by Gasteiger charge is -2.38. The molecule has 2 aromatic carbocycles. The SMILES string of the molecule is Cc1ccc(NC(=O)CS[C@@H](C)C(=O)N2CCN(c3cccc(C)c3C)CC2)cc1. The highest BCUT2D eigenvalue weighted by molar-refractivity contribution is 8.01. The Hall–Kier alpha value is -2.47. The Morgan fingerprint density at radius 1 is 1.00 bits per heavy atom. The molecule has 2 amide bonds. The van der Waals surface area contributed by atoms with E-state index in [4.69, 9.17) is 0 Å². The molecular weight excluding hydrogens is 394 g/mol. The van der Waals surface area contributed by atoms with E-state index in [0.29, 0.717) is 13.1 Å². The molecular formula is C24H31N3O2S. The number of carbonyl (C=O) groups is 2. The van der Waals surface area contributed by atoms with Gasteiger partial charge in [-0.2, -0.15) is 0 Å². The average molecular weight is 426 g/mol. The number of anilines is 2. The van der Waals surface area contributed by atoms with Crippen molar-refractivity contribution in [2.24, 2.45) is 0 Å². The number of hydrogen-bond donors (Lipinski definition) is 1. The van der Waals surface area contributed by atoms with Crippen LogP contribution in [0.5, 0.6) is 0 Å². The van der Waals surface area contributed by atoms with Crippen LogP contribution in [0.15, 0.2) is 42.5 Å². The Balaban J connectivity index is 1.45. The molecule has 0 unspecified atom stereocenters. The number of nitrogens with one attached hydrogen (secondary N) is 1. The summed E-state index contributed by atoms with van der Waals surface area (Å²) < 4.78 is 0. The van der Waals surface area contributed by atoms with Crippen LogP contribution in [0.4, 0.5) is 11.4 Å². The first-order valence-electron chi connectivity index (χ1n) is 10.4. The van der Waals surface area contributed by atoms with Gasteiger partial charge in [0, 0.05) is 37.6 Å². The maximum atomic E-state index is 12.8. The molecule has 5 nitrogen and oxygen atoms in total. The van der Waals surface area contributed by atoms with Gasteiger partial charge in [-0.15, -0.1) is 11.8 Å². The van der Waals surface area contributed by atoms with Gasteiger partial charge in [0.2, 0.25) is 11.8 Å². The summed E-state index contributed by atoms with van der Waals surface area (Å²) in [5, 5.41) is 2.65. The van der Waals surface area contributed by atoms with Crippen LogP contribution in [-0.4, -0.2) is 53.9 Å². The van der Waals surface area contributed by atoms with Gasteiger partial charge in [-0.3, -0.25) is 9.59 Å². The Labute approximate surface area is 183 Å². The minimum atomic E-state index is -0.235. The van der Waals surface area contributed by atoms with Gasteiger partial charge in [0.05, 0.1) is 11.0 Å². The Morgan fingerprint density at radius 3 is 2.33 bits per heavy atom. The van der Waals surface area contributed by atoms with Gasteiger partial charge < -0.3 is 15.1 Å². The quantitative estimate of drug-likeness (QED) is 0.760. The number of amides is 2. The topological polar surface area (TPSA) is 52.7 Å². The summed E-state index contributed by atoms with van der Waals surface area (Å²) in [5.41, 5.74) is 5.80. The maximum absolute atomic E-state index is 12.8. The molecule has 0 spiro atoms. The van der Waals surface area contributed by atoms with Crippen molar-refractivity contribution in [2.45, 2.75) is 32.9 Å². The number of hydrogen-bond acceptors (Lipinski definition) is 4. The van der Waals surface area contributed by atoms with E-state index in [1.165, 1.54) is 28.6 Å². The summed E-state index contributed by atoms with van der Waals surface area (Å²) in [6.45, 7) is 11.3. The molecule has 1 saturated heterocycles. The Kier molecular flexibility index (Phi) is 7.43. The van der Waals surface area contributed by atoms with Crippen molar-refractivity contribution in [3.63, 3.8) is 0 Å². The zero-order valence-electron chi connectivity index (χ0n) is 18.3. The van der Waals surface area contributed by atoms with Gasteiger partial charge in [0.15, 0.2) is 0 Å². The lowest BCUT2D eigenvalue weighted by atomic mass is 10.1. The van der Waals surface area contributed by atoms with Crippen LogP contribution in [0.3, 0.4) is 0 Å². The molecule has 1 atom stereocenters. The fourth-order valence-electron chi connectivity index (χ4n) is 3.61. The summed E-state index contributed by atoms with van der Waals surface area (Å²) in [6, 6.07) is 14.1. The first-order chi connectivity index (χ1) is 14.3. The average Bonchev–Trinajstić information content (AvgIpc) is 2.75.